The van der Waals surface area contributed by atoms with Gasteiger partial charge in [0.25, 0.3) is 5.19 Å². The lowest BCUT2D eigenvalue weighted by Crippen LogP contribution is -1.99. The number of hydrogen-bond donors (Lipinski definition) is 0. The minimum absolute atomic E-state index is 0.331. The van der Waals surface area contributed by atoms with E-state index in [0.717, 1.165) is 33.6 Å². The van der Waals surface area contributed by atoms with Crippen molar-refractivity contribution in [3.63, 3.8) is 0 Å². The minimum atomic E-state index is 0.331. The Morgan fingerprint density at radius 1 is 0.689 bits per heavy atom. The topological polar surface area (TPSA) is 89.5 Å². The highest BCUT2D eigenvalue weighted by atomic mass is 32.1. The van der Waals surface area contributed by atoms with Crippen LogP contribution in [0.1, 0.15) is 16.7 Å². The fourth-order valence-electron chi connectivity index (χ4n) is 4.80. The number of ether oxygens (including phenoxy) is 5. The maximum absolute atomic E-state index is 6.30. The van der Waals surface area contributed by atoms with Crippen LogP contribution in [-0.2, 0) is 19.8 Å². The molecule has 10 heteroatoms. The zero-order chi connectivity index (χ0) is 30.6. The van der Waals surface area contributed by atoms with Crippen molar-refractivity contribution in [1.82, 2.24) is 14.6 Å². The van der Waals surface area contributed by atoms with E-state index in [1.165, 1.54) is 11.3 Å². The summed E-state index contributed by atoms with van der Waals surface area (Å²) in [5.41, 5.74) is 4.44. The standard InChI is InChI=1S/C35H29N3O6S/c1-39-28-16-31(29-18-33(44-32(29)17-28)30-19-38-34(36-30)45-35(37-38)40-2)43-22-25-9-6-10-27(15-25)42-21-24-11-13-26(14-12-24)41-20-23-7-4-3-5-8-23/h3-19H,20-22H2,1-2H3. The Bertz CT molecular complexity index is 2020. The van der Waals surface area contributed by atoms with Gasteiger partial charge in [0.15, 0.2) is 5.76 Å². The van der Waals surface area contributed by atoms with Crippen LogP contribution in [0.25, 0.3) is 27.4 Å². The van der Waals surface area contributed by atoms with E-state index in [4.69, 9.17) is 28.1 Å². The Morgan fingerprint density at radius 3 is 2.22 bits per heavy atom. The van der Waals surface area contributed by atoms with Gasteiger partial charge in [0.1, 0.15) is 54.1 Å². The lowest BCUT2D eigenvalue weighted by molar-refractivity contribution is 0.295. The number of imidazole rings is 1. The molecule has 4 aromatic carbocycles. The van der Waals surface area contributed by atoms with Crippen LogP contribution in [0.3, 0.4) is 0 Å². The molecule has 3 aromatic heterocycles. The molecule has 0 amide bonds. The molecule has 0 radical (unpaired) electrons. The highest BCUT2D eigenvalue weighted by molar-refractivity contribution is 7.18. The second-order valence-corrected chi connectivity index (χ2v) is 11.1. The molecule has 3 heterocycles. The molecule has 0 saturated carbocycles. The van der Waals surface area contributed by atoms with Crippen molar-refractivity contribution < 1.29 is 28.1 Å². The van der Waals surface area contributed by atoms with Crippen molar-refractivity contribution >= 4 is 27.3 Å². The van der Waals surface area contributed by atoms with Gasteiger partial charge in [-0.1, -0.05) is 54.6 Å². The molecule has 0 N–H and O–H groups in total. The van der Waals surface area contributed by atoms with Crippen molar-refractivity contribution in [3.05, 3.63) is 120 Å². The van der Waals surface area contributed by atoms with Crippen LogP contribution in [0, 0.1) is 0 Å². The zero-order valence-electron chi connectivity index (χ0n) is 24.6. The summed E-state index contributed by atoms with van der Waals surface area (Å²) in [7, 11) is 3.20. The molecule has 0 spiro atoms. The molecule has 7 aromatic rings. The molecule has 0 aliphatic heterocycles. The van der Waals surface area contributed by atoms with Crippen LogP contribution in [0.15, 0.2) is 108 Å². The largest absolute Gasteiger partial charge is 0.496 e. The number of nitrogens with zero attached hydrogens (tertiary/aromatic N) is 3. The summed E-state index contributed by atoms with van der Waals surface area (Å²) >= 11 is 1.36. The highest BCUT2D eigenvalue weighted by Gasteiger charge is 2.17. The summed E-state index contributed by atoms with van der Waals surface area (Å²) < 4.78 is 36.8. The molecular formula is C35H29N3O6S. The maximum Gasteiger partial charge on any atom is 0.294 e. The maximum atomic E-state index is 6.30. The van der Waals surface area contributed by atoms with Crippen molar-refractivity contribution in [2.75, 3.05) is 14.2 Å². The van der Waals surface area contributed by atoms with E-state index in [-0.39, 0.29) is 0 Å². The van der Waals surface area contributed by atoms with Gasteiger partial charge in [-0.25, -0.2) is 9.50 Å². The third-order valence-corrected chi connectivity index (χ3v) is 8.01. The van der Waals surface area contributed by atoms with Crippen LogP contribution in [0.4, 0.5) is 0 Å². The number of furan rings is 1. The fraction of sp³-hybridized carbons (Fsp3) is 0.143. The van der Waals surface area contributed by atoms with Crippen molar-refractivity contribution in [3.8, 4) is 39.6 Å². The summed E-state index contributed by atoms with van der Waals surface area (Å²) in [5.74, 6) is 3.45. The zero-order valence-corrected chi connectivity index (χ0v) is 25.5. The molecule has 0 aliphatic carbocycles. The third kappa shape index (κ3) is 6.41. The summed E-state index contributed by atoms with van der Waals surface area (Å²) in [4.78, 5) is 5.35. The SMILES string of the molecule is COc1cc(OCc2cccc(OCc3ccc(OCc4ccccc4)cc3)c2)c2cc(-c3cn4nc(OC)sc4n3)oc2c1. The average molecular weight is 620 g/mol. The first-order chi connectivity index (χ1) is 22.1. The second-order valence-electron chi connectivity index (χ2n) is 10.2. The number of rotatable bonds is 12. The first kappa shape index (κ1) is 28.3. The molecular weight excluding hydrogens is 590 g/mol. The van der Waals surface area contributed by atoms with E-state index in [1.807, 2.05) is 103 Å². The Balaban J connectivity index is 1.00. The summed E-state index contributed by atoms with van der Waals surface area (Å²) in [5, 5.41) is 5.71. The first-order valence-electron chi connectivity index (χ1n) is 14.3. The van der Waals surface area contributed by atoms with Crippen molar-refractivity contribution in [2.45, 2.75) is 19.8 Å². The quantitative estimate of drug-likeness (QED) is 0.136. The van der Waals surface area contributed by atoms with Crippen LogP contribution < -0.4 is 23.7 Å². The Kier molecular flexibility index (Phi) is 7.94. The molecule has 0 unspecified atom stereocenters. The number of hydrogen-bond acceptors (Lipinski definition) is 9. The summed E-state index contributed by atoms with van der Waals surface area (Å²) in [6, 6.07) is 31.6. The van der Waals surface area contributed by atoms with Gasteiger partial charge in [-0.15, -0.1) is 5.10 Å². The normalized spacial score (nSPS) is 11.2. The van der Waals surface area contributed by atoms with E-state index >= 15 is 0 Å². The van der Waals surface area contributed by atoms with Crippen LogP contribution >= 0.6 is 11.3 Å². The first-order valence-corrected chi connectivity index (χ1v) is 15.1. The summed E-state index contributed by atoms with van der Waals surface area (Å²) in [6.45, 7) is 1.30. The average Bonchev–Trinajstić information content (AvgIpc) is 3.80. The molecule has 0 bridgehead atoms. The predicted octanol–water partition coefficient (Wildman–Crippen LogP) is 7.96. The molecule has 45 heavy (non-hydrogen) atoms. The lowest BCUT2D eigenvalue weighted by atomic mass is 10.2. The Hall–Kier alpha value is -5.48. The predicted molar refractivity (Wildman–Crippen MR) is 171 cm³/mol. The van der Waals surface area contributed by atoms with Crippen LogP contribution in [0.5, 0.6) is 28.2 Å². The molecule has 0 atom stereocenters. The molecule has 0 aliphatic rings. The number of methoxy groups -OCH3 is 2. The van der Waals surface area contributed by atoms with Gasteiger partial charge in [0.2, 0.25) is 4.96 Å². The van der Waals surface area contributed by atoms with E-state index in [0.29, 0.717) is 58.5 Å². The van der Waals surface area contributed by atoms with Gasteiger partial charge >= 0.3 is 0 Å². The van der Waals surface area contributed by atoms with Crippen molar-refractivity contribution in [2.24, 2.45) is 0 Å². The Morgan fingerprint density at radius 2 is 1.44 bits per heavy atom. The van der Waals surface area contributed by atoms with Crippen molar-refractivity contribution in [1.29, 1.82) is 0 Å². The second kappa shape index (κ2) is 12.6. The fourth-order valence-corrected chi connectivity index (χ4v) is 5.50. The molecule has 0 saturated heterocycles. The van der Waals surface area contributed by atoms with Gasteiger partial charge in [-0.2, -0.15) is 0 Å². The molecule has 226 valence electrons. The molecule has 7 rings (SSSR count). The van der Waals surface area contributed by atoms with Gasteiger partial charge in [-0.3, -0.25) is 0 Å². The van der Waals surface area contributed by atoms with E-state index < -0.39 is 0 Å². The highest BCUT2D eigenvalue weighted by Crippen LogP contribution is 2.37. The molecule has 0 fully saturated rings. The number of benzene rings is 4. The number of fused-ring (bicyclic) bond motifs is 2. The van der Waals surface area contributed by atoms with Gasteiger partial charge in [0, 0.05) is 12.1 Å². The monoisotopic (exact) mass is 619 g/mol. The smallest absolute Gasteiger partial charge is 0.294 e. The van der Waals surface area contributed by atoms with Gasteiger partial charge < -0.3 is 28.1 Å². The van der Waals surface area contributed by atoms with Gasteiger partial charge in [-0.05, 0) is 58.4 Å². The minimum Gasteiger partial charge on any atom is -0.496 e. The third-order valence-electron chi connectivity index (χ3n) is 7.13. The Labute approximate surface area is 263 Å². The van der Waals surface area contributed by atoms with Crippen LogP contribution in [0.2, 0.25) is 0 Å². The van der Waals surface area contributed by atoms with E-state index in [1.54, 1.807) is 18.7 Å². The molecule has 9 nitrogen and oxygen atoms in total. The van der Waals surface area contributed by atoms with Gasteiger partial charge in [0.05, 0.1) is 25.8 Å². The van der Waals surface area contributed by atoms with E-state index in [2.05, 4.69) is 10.1 Å². The van der Waals surface area contributed by atoms with Crippen LogP contribution in [-0.4, -0.2) is 28.8 Å². The summed E-state index contributed by atoms with van der Waals surface area (Å²) in [6.07, 6.45) is 1.81. The number of aromatic nitrogens is 3. The van der Waals surface area contributed by atoms with E-state index in [9.17, 15) is 0 Å². The lowest BCUT2D eigenvalue weighted by Gasteiger charge is -2.11.